The van der Waals surface area contributed by atoms with Crippen LogP contribution in [0.1, 0.15) is 28.5 Å². The Morgan fingerprint density at radius 1 is 1.21 bits per heavy atom. The van der Waals surface area contributed by atoms with Crippen molar-refractivity contribution in [2.75, 3.05) is 36.0 Å². The van der Waals surface area contributed by atoms with Gasteiger partial charge in [-0.1, -0.05) is 0 Å². The lowest BCUT2D eigenvalue weighted by molar-refractivity contribution is 0.101. The maximum atomic E-state index is 11.5. The summed E-state index contributed by atoms with van der Waals surface area (Å²) >= 11 is 0. The van der Waals surface area contributed by atoms with Crippen molar-refractivity contribution >= 4 is 17.5 Å². The van der Waals surface area contributed by atoms with Crippen LogP contribution in [0, 0.1) is 18.3 Å². The normalized spacial score (nSPS) is 14.4. The van der Waals surface area contributed by atoms with E-state index < -0.39 is 0 Å². The molecule has 0 saturated carbocycles. The SMILES string of the molecule is CC(=O)c1cnc(N2CCN(c3ncccc3C#N)CC2)nc1C. The minimum atomic E-state index is -0.0249. The first-order valence-electron chi connectivity index (χ1n) is 7.79. The molecule has 3 heterocycles. The van der Waals surface area contributed by atoms with Gasteiger partial charge >= 0.3 is 0 Å². The quantitative estimate of drug-likeness (QED) is 0.793. The van der Waals surface area contributed by atoms with Gasteiger partial charge in [0.2, 0.25) is 5.95 Å². The summed E-state index contributed by atoms with van der Waals surface area (Å²) in [5, 5.41) is 9.21. The minimum Gasteiger partial charge on any atom is -0.352 e. The summed E-state index contributed by atoms with van der Waals surface area (Å²) in [6.45, 7) is 6.29. The number of pyridine rings is 1. The Kier molecular flexibility index (Phi) is 4.38. The molecule has 7 nitrogen and oxygen atoms in total. The molecule has 1 saturated heterocycles. The standard InChI is InChI=1S/C17H18N6O/c1-12-15(13(2)24)11-20-17(21-12)23-8-6-22(7-9-23)16-14(10-18)4-3-5-19-16/h3-5,11H,6-9H2,1-2H3. The largest absolute Gasteiger partial charge is 0.352 e. The Balaban J connectivity index is 1.73. The number of Topliss-reactive ketones (excluding diaryl/α,β-unsaturated/α-hetero) is 1. The molecular weight excluding hydrogens is 304 g/mol. The van der Waals surface area contributed by atoms with E-state index in [1.807, 2.05) is 6.92 Å². The molecule has 0 radical (unpaired) electrons. The fraction of sp³-hybridized carbons (Fsp3) is 0.353. The molecule has 0 spiro atoms. The average molecular weight is 322 g/mol. The molecule has 3 rings (SSSR count). The predicted octanol–water partition coefficient (Wildman–Crippen LogP) is 1.58. The number of ketones is 1. The van der Waals surface area contributed by atoms with Gasteiger partial charge in [-0.3, -0.25) is 4.79 Å². The number of nitriles is 1. The van der Waals surface area contributed by atoms with Gasteiger partial charge in [-0.2, -0.15) is 5.26 Å². The van der Waals surface area contributed by atoms with E-state index in [1.165, 1.54) is 6.92 Å². The first-order chi connectivity index (χ1) is 11.6. The third-order valence-corrected chi connectivity index (χ3v) is 4.12. The van der Waals surface area contributed by atoms with E-state index >= 15 is 0 Å². The van der Waals surface area contributed by atoms with Gasteiger partial charge in [0, 0.05) is 38.6 Å². The highest BCUT2D eigenvalue weighted by Crippen LogP contribution is 2.20. The lowest BCUT2D eigenvalue weighted by Crippen LogP contribution is -2.47. The summed E-state index contributed by atoms with van der Waals surface area (Å²) in [5.74, 6) is 1.34. The van der Waals surface area contributed by atoms with E-state index in [2.05, 4.69) is 30.8 Å². The van der Waals surface area contributed by atoms with Crippen LogP contribution in [0.15, 0.2) is 24.5 Å². The molecule has 2 aromatic heterocycles. The van der Waals surface area contributed by atoms with E-state index in [1.54, 1.807) is 24.5 Å². The maximum Gasteiger partial charge on any atom is 0.225 e. The number of carbonyl (C=O) groups excluding carboxylic acids is 1. The number of hydrogen-bond donors (Lipinski definition) is 0. The van der Waals surface area contributed by atoms with Gasteiger partial charge in [0.15, 0.2) is 5.78 Å². The number of aryl methyl sites for hydroxylation is 1. The number of carbonyl (C=O) groups is 1. The van der Waals surface area contributed by atoms with Crippen LogP contribution in [0.3, 0.4) is 0 Å². The van der Waals surface area contributed by atoms with E-state index in [-0.39, 0.29) is 5.78 Å². The molecule has 0 atom stereocenters. The van der Waals surface area contributed by atoms with E-state index in [9.17, 15) is 10.1 Å². The van der Waals surface area contributed by atoms with Crippen molar-refractivity contribution < 1.29 is 4.79 Å². The molecule has 0 N–H and O–H groups in total. The second kappa shape index (κ2) is 6.62. The third kappa shape index (κ3) is 3.04. The molecule has 0 aromatic carbocycles. The highest BCUT2D eigenvalue weighted by atomic mass is 16.1. The summed E-state index contributed by atoms with van der Waals surface area (Å²) in [4.78, 5) is 28.8. The van der Waals surface area contributed by atoms with Crippen LogP contribution >= 0.6 is 0 Å². The zero-order valence-corrected chi connectivity index (χ0v) is 13.7. The second-order valence-electron chi connectivity index (χ2n) is 5.69. The molecule has 7 heteroatoms. The van der Waals surface area contributed by atoms with Crippen LogP contribution in [0.25, 0.3) is 0 Å². The monoisotopic (exact) mass is 322 g/mol. The average Bonchev–Trinajstić information content (AvgIpc) is 2.61. The molecular formula is C17H18N6O. The zero-order valence-electron chi connectivity index (χ0n) is 13.7. The van der Waals surface area contributed by atoms with Crippen molar-refractivity contribution in [1.82, 2.24) is 15.0 Å². The Hall–Kier alpha value is -3.01. The lowest BCUT2D eigenvalue weighted by Gasteiger charge is -2.35. The molecule has 0 unspecified atom stereocenters. The number of rotatable bonds is 3. The molecule has 24 heavy (non-hydrogen) atoms. The van der Waals surface area contributed by atoms with Crippen LogP contribution in [0.2, 0.25) is 0 Å². The number of anilines is 2. The van der Waals surface area contributed by atoms with Crippen molar-refractivity contribution in [3.63, 3.8) is 0 Å². The van der Waals surface area contributed by atoms with Gasteiger partial charge in [0.05, 0.1) is 16.8 Å². The van der Waals surface area contributed by atoms with Gasteiger partial charge in [0.1, 0.15) is 11.9 Å². The lowest BCUT2D eigenvalue weighted by atomic mass is 10.2. The first kappa shape index (κ1) is 15.9. The van der Waals surface area contributed by atoms with Gasteiger partial charge in [-0.05, 0) is 26.0 Å². The van der Waals surface area contributed by atoms with Gasteiger partial charge < -0.3 is 9.80 Å². The van der Waals surface area contributed by atoms with E-state index in [4.69, 9.17) is 0 Å². The predicted molar refractivity (Wildman–Crippen MR) is 90.2 cm³/mol. The summed E-state index contributed by atoms with van der Waals surface area (Å²) in [6, 6.07) is 5.73. The molecule has 122 valence electrons. The van der Waals surface area contributed by atoms with Gasteiger partial charge in [-0.25, -0.2) is 15.0 Å². The second-order valence-corrected chi connectivity index (χ2v) is 5.69. The van der Waals surface area contributed by atoms with Crippen LogP contribution in [-0.4, -0.2) is 46.9 Å². The minimum absolute atomic E-state index is 0.0249. The number of hydrogen-bond acceptors (Lipinski definition) is 7. The fourth-order valence-electron chi connectivity index (χ4n) is 2.81. The van der Waals surface area contributed by atoms with Crippen molar-refractivity contribution in [1.29, 1.82) is 5.26 Å². The summed E-state index contributed by atoms with van der Waals surface area (Å²) in [7, 11) is 0. The van der Waals surface area contributed by atoms with Gasteiger partial charge in [0.25, 0.3) is 0 Å². The highest BCUT2D eigenvalue weighted by molar-refractivity contribution is 5.94. The Labute approximate surface area is 140 Å². The van der Waals surface area contributed by atoms with E-state index in [0.29, 0.717) is 22.8 Å². The Morgan fingerprint density at radius 3 is 2.54 bits per heavy atom. The summed E-state index contributed by atoms with van der Waals surface area (Å²) in [5.41, 5.74) is 1.85. The molecule has 1 aliphatic heterocycles. The maximum absolute atomic E-state index is 11.5. The highest BCUT2D eigenvalue weighted by Gasteiger charge is 2.22. The molecule has 2 aromatic rings. The van der Waals surface area contributed by atoms with Crippen molar-refractivity contribution in [2.45, 2.75) is 13.8 Å². The van der Waals surface area contributed by atoms with Crippen LogP contribution in [0.4, 0.5) is 11.8 Å². The molecule has 1 fully saturated rings. The molecule has 0 bridgehead atoms. The van der Waals surface area contributed by atoms with E-state index in [0.717, 1.165) is 32.0 Å². The Bertz CT molecular complexity index is 805. The molecule has 1 aliphatic rings. The van der Waals surface area contributed by atoms with Crippen molar-refractivity contribution in [3.05, 3.63) is 41.3 Å². The van der Waals surface area contributed by atoms with Crippen molar-refractivity contribution in [2.24, 2.45) is 0 Å². The fourth-order valence-corrected chi connectivity index (χ4v) is 2.81. The van der Waals surface area contributed by atoms with Crippen LogP contribution in [0.5, 0.6) is 0 Å². The Morgan fingerprint density at radius 2 is 1.92 bits per heavy atom. The number of nitrogens with zero attached hydrogens (tertiary/aromatic N) is 6. The molecule has 0 aliphatic carbocycles. The molecule has 0 amide bonds. The van der Waals surface area contributed by atoms with Crippen molar-refractivity contribution in [3.8, 4) is 6.07 Å². The van der Waals surface area contributed by atoms with Crippen LogP contribution < -0.4 is 9.80 Å². The number of aromatic nitrogens is 3. The first-order valence-corrected chi connectivity index (χ1v) is 7.79. The summed E-state index contributed by atoms with van der Waals surface area (Å²) < 4.78 is 0. The van der Waals surface area contributed by atoms with Gasteiger partial charge in [-0.15, -0.1) is 0 Å². The van der Waals surface area contributed by atoms with Crippen LogP contribution in [-0.2, 0) is 0 Å². The summed E-state index contributed by atoms with van der Waals surface area (Å²) in [6.07, 6.45) is 3.30. The third-order valence-electron chi connectivity index (χ3n) is 4.12. The number of piperazine rings is 1. The zero-order chi connectivity index (χ0) is 17.1. The smallest absolute Gasteiger partial charge is 0.225 e. The topological polar surface area (TPSA) is 86.0 Å².